The summed E-state index contributed by atoms with van der Waals surface area (Å²) in [5.41, 5.74) is 0.787. The van der Waals surface area contributed by atoms with E-state index in [4.69, 9.17) is 9.63 Å². The van der Waals surface area contributed by atoms with Crippen molar-refractivity contribution in [2.24, 2.45) is 7.05 Å². The van der Waals surface area contributed by atoms with E-state index in [0.717, 1.165) is 17.3 Å². The lowest BCUT2D eigenvalue weighted by molar-refractivity contribution is 0.271. The molecule has 7 heteroatoms. The van der Waals surface area contributed by atoms with Gasteiger partial charge in [-0.3, -0.25) is 0 Å². The molecule has 17 heavy (non-hydrogen) atoms. The molecule has 0 unspecified atom stereocenters. The topological polar surface area (TPSA) is 77.0 Å². The van der Waals surface area contributed by atoms with Crippen molar-refractivity contribution >= 4 is 11.8 Å². The summed E-state index contributed by atoms with van der Waals surface area (Å²) in [6, 6.07) is 0. The first-order valence-electron chi connectivity index (χ1n) is 5.30. The summed E-state index contributed by atoms with van der Waals surface area (Å²) >= 11 is 1.52. The van der Waals surface area contributed by atoms with Crippen LogP contribution in [-0.2, 0) is 25.8 Å². The number of nitrogens with zero attached hydrogens (tertiary/aromatic N) is 4. The molecule has 92 valence electrons. The Hall–Kier alpha value is -1.34. The van der Waals surface area contributed by atoms with Crippen molar-refractivity contribution in [1.82, 2.24) is 19.7 Å². The first-order valence-corrected chi connectivity index (χ1v) is 6.28. The highest BCUT2D eigenvalue weighted by atomic mass is 32.2. The zero-order valence-corrected chi connectivity index (χ0v) is 10.6. The van der Waals surface area contributed by atoms with Crippen LogP contribution in [0.4, 0.5) is 0 Å². The largest absolute Gasteiger partial charge is 0.390 e. The molecule has 0 saturated carbocycles. The zero-order valence-electron chi connectivity index (χ0n) is 9.75. The number of aliphatic hydroxyl groups excluding tert-OH is 1. The SMILES string of the molecule is CCc1nc(CSc2ncc(CO)n2C)no1. The number of aliphatic hydroxyl groups is 1. The predicted molar refractivity (Wildman–Crippen MR) is 62.4 cm³/mol. The number of aromatic nitrogens is 4. The quantitative estimate of drug-likeness (QED) is 0.806. The van der Waals surface area contributed by atoms with Crippen LogP contribution in [0.3, 0.4) is 0 Å². The lowest BCUT2D eigenvalue weighted by atomic mass is 10.5. The smallest absolute Gasteiger partial charge is 0.226 e. The Bertz CT molecular complexity index is 494. The van der Waals surface area contributed by atoms with Gasteiger partial charge in [0.05, 0.1) is 24.3 Å². The Morgan fingerprint density at radius 2 is 2.35 bits per heavy atom. The molecule has 1 N–H and O–H groups in total. The zero-order chi connectivity index (χ0) is 12.3. The summed E-state index contributed by atoms with van der Waals surface area (Å²) in [6.07, 6.45) is 2.41. The summed E-state index contributed by atoms with van der Waals surface area (Å²) in [5.74, 6) is 1.93. The molecular weight excluding hydrogens is 240 g/mol. The molecule has 0 fully saturated rings. The van der Waals surface area contributed by atoms with E-state index in [2.05, 4.69) is 15.1 Å². The third-order valence-electron chi connectivity index (χ3n) is 2.35. The molecular formula is C10H14N4O2S. The standard InChI is InChI=1S/C10H14N4O2S/c1-3-9-12-8(13-16-9)6-17-10-11-4-7(5-15)14(10)2/h4,15H,3,5-6H2,1-2H3. The number of hydrogen-bond acceptors (Lipinski definition) is 6. The van der Waals surface area contributed by atoms with Gasteiger partial charge in [0, 0.05) is 13.5 Å². The normalized spacial score (nSPS) is 11.0. The van der Waals surface area contributed by atoms with Crippen molar-refractivity contribution < 1.29 is 9.63 Å². The minimum atomic E-state index is -0.00769. The molecule has 0 radical (unpaired) electrons. The Morgan fingerprint density at radius 3 is 2.94 bits per heavy atom. The molecule has 0 aliphatic heterocycles. The summed E-state index contributed by atoms with van der Waals surface area (Å²) in [5, 5.41) is 13.7. The van der Waals surface area contributed by atoms with Crippen molar-refractivity contribution in [3.05, 3.63) is 23.6 Å². The van der Waals surface area contributed by atoms with Crippen molar-refractivity contribution in [1.29, 1.82) is 0 Å². The maximum Gasteiger partial charge on any atom is 0.226 e. The lowest BCUT2D eigenvalue weighted by Gasteiger charge is -2.01. The predicted octanol–water partition coefficient (Wildman–Crippen LogP) is 1.15. The maximum absolute atomic E-state index is 9.04. The molecule has 0 bridgehead atoms. The van der Waals surface area contributed by atoms with E-state index in [1.54, 1.807) is 6.20 Å². The van der Waals surface area contributed by atoms with Gasteiger partial charge in [-0.05, 0) is 0 Å². The molecule has 0 spiro atoms. The highest BCUT2D eigenvalue weighted by Gasteiger charge is 2.09. The minimum Gasteiger partial charge on any atom is -0.390 e. The number of aryl methyl sites for hydroxylation is 1. The van der Waals surface area contributed by atoms with Crippen molar-refractivity contribution in [3.8, 4) is 0 Å². The highest BCUT2D eigenvalue weighted by molar-refractivity contribution is 7.98. The highest BCUT2D eigenvalue weighted by Crippen LogP contribution is 2.20. The Balaban J connectivity index is 1.99. The van der Waals surface area contributed by atoms with Gasteiger partial charge >= 0.3 is 0 Å². The van der Waals surface area contributed by atoms with Crippen LogP contribution in [0.15, 0.2) is 15.9 Å². The molecule has 2 heterocycles. The van der Waals surface area contributed by atoms with Gasteiger partial charge in [0.25, 0.3) is 0 Å². The number of rotatable bonds is 5. The molecule has 0 amide bonds. The molecule has 2 aromatic rings. The molecule has 2 rings (SSSR count). The van der Waals surface area contributed by atoms with Crippen molar-refractivity contribution in [2.45, 2.75) is 30.9 Å². The van der Waals surface area contributed by atoms with Crippen LogP contribution in [0.25, 0.3) is 0 Å². The summed E-state index contributed by atoms with van der Waals surface area (Å²) in [4.78, 5) is 8.42. The number of thioether (sulfide) groups is 1. The number of imidazole rings is 1. The second-order valence-corrected chi connectivity index (χ2v) is 4.44. The molecule has 2 aromatic heterocycles. The van der Waals surface area contributed by atoms with Gasteiger partial charge in [0.1, 0.15) is 0 Å². The van der Waals surface area contributed by atoms with Crippen LogP contribution in [0.1, 0.15) is 24.3 Å². The Morgan fingerprint density at radius 1 is 1.53 bits per heavy atom. The monoisotopic (exact) mass is 254 g/mol. The summed E-state index contributed by atoms with van der Waals surface area (Å²) < 4.78 is 6.87. The molecule has 6 nitrogen and oxygen atoms in total. The van der Waals surface area contributed by atoms with Gasteiger partial charge in [-0.2, -0.15) is 4.98 Å². The van der Waals surface area contributed by atoms with E-state index in [0.29, 0.717) is 17.5 Å². The fourth-order valence-corrected chi connectivity index (χ4v) is 2.14. The first kappa shape index (κ1) is 12.1. The van der Waals surface area contributed by atoms with Crippen LogP contribution in [-0.4, -0.2) is 24.8 Å². The molecule has 0 aliphatic carbocycles. The van der Waals surface area contributed by atoms with E-state index in [1.807, 2.05) is 18.5 Å². The van der Waals surface area contributed by atoms with Gasteiger partial charge < -0.3 is 14.2 Å². The first-order chi connectivity index (χ1) is 8.24. The van der Waals surface area contributed by atoms with Crippen LogP contribution in [0, 0.1) is 0 Å². The fraction of sp³-hybridized carbons (Fsp3) is 0.500. The molecule has 0 atom stereocenters. The lowest BCUT2D eigenvalue weighted by Crippen LogP contribution is -1.97. The van der Waals surface area contributed by atoms with Crippen LogP contribution in [0.2, 0.25) is 0 Å². The van der Waals surface area contributed by atoms with E-state index in [9.17, 15) is 0 Å². The van der Waals surface area contributed by atoms with Crippen molar-refractivity contribution in [3.63, 3.8) is 0 Å². The molecule has 0 aromatic carbocycles. The average molecular weight is 254 g/mol. The second-order valence-electron chi connectivity index (χ2n) is 3.50. The van der Waals surface area contributed by atoms with Crippen LogP contribution >= 0.6 is 11.8 Å². The number of hydrogen-bond donors (Lipinski definition) is 1. The summed E-state index contributed by atoms with van der Waals surface area (Å²) in [6.45, 7) is 1.96. The Labute approximate surface area is 103 Å². The molecule has 0 saturated heterocycles. The minimum absolute atomic E-state index is 0.00769. The van der Waals surface area contributed by atoms with Gasteiger partial charge in [-0.15, -0.1) is 0 Å². The van der Waals surface area contributed by atoms with E-state index in [-0.39, 0.29) is 6.61 Å². The van der Waals surface area contributed by atoms with Crippen LogP contribution < -0.4 is 0 Å². The van der Waals surface area contributed by atoms with Gasteiger partial charge in [-0.1, -0.05) is 23.8 Å². The van der Waals surface area contributed by atoms with Gasteiger partial charge in [-0.25, -0.2) is 4.98 Å². The van der Waals surface area contributed by atoms with Gasteiger partial charge in [0.2, 0.25) is 5.89 Å². The van der Waals surface area contributed by atoms with Crippen molar-refractivity contribution in [2.75, 3.05) is 0 Å². The van der Waals surface area contributed by atoms with Crippen LogP contribution in [0.5, 0.6) is 0 Å². The third kappa shape index (κ3) is 2.67. The summed E-state index contributed by atoms with van der Waals surface area (Å²) in [7, 11) is 1.87. The fourth-order valence-electron chi connectivity index (χ4n) is 1.33. The average Bonchev–Trinajstić information content (AvgIpc) is 2.93. The van der Waals surface area contributed by atoms with E-state index < -0.39 is 0 Å². The maximum atomic E-state index is 9.04. The van der Waals surface area contributed by atoms with Gasteiger partial charge in [0.15, 0.2) is 11.0 Å². The van der Waals surface area contributed by atoms with E-state index >= 15 is 0 Å². The molecule has 0 aliphatic rings. The Kier molecular flexibility index (Phi) is 3.80. The third-order valence-corrected chi connectivity index (χ3v) is 3.39. The van der Waals surface area contributed by atoms with E-state index in [1.165, 1.54) is 11.8 Å². The second kappa shape index (κ2) is 5.33.